The number of hydrogen-bond acceptors (Lipinski definition) is 6. The topological polar surface area (TPSA) is 90.5 Å². The fraction of sp³-hybridized carbons (Fsp3) is 0.161. The number of aromatic nitrogens is 3. The van der Waals surface area contributed by atoms with Crippen LogP contribution in [0, 0.1) is 13.8 Å². The molecule has 6 rings (SSSR count). The van der Waals surface area contributed by atoms with E-state index in [1.54, 1.807) is 34.0 Å². The second-order valence-electron chi connectivity index (χ2n) is 9.73. The molecule has 0 radical (unpaired) electrons. The molecule has 1 aliphatic heterocycles. The summed E-state index contributed by atoms with van der Waals surface area (Å²) in [5.74, 6) is 0.432. The molecule has 1 amide bonds. The van der Waals surface area contributed by atoms with E-state index in [0.717, 1.165) is 22.1 Å². The first-order chi connectivity index (χ1) is 19.4. The molecule has 3 heterocycles. The zero-order chi connectivity index (χ0) is 27.8. The molecule has 3 aromatic carbocycles. The van der Waals surface area contributed by atoms with Crippen molar-refractivity contribution < 1.29 is 13.9 Å². The largest absolute Gasteiger partial charge is 0.487 e. The number of aryl methyl sites for hydroxylation is 2. The molecular weight excluding hydrogens is 528 g/mol. The zero-order valence-corrected chi connectivity index (χ0v) is 22.6. The van der Waals surface area contributed by atoms with E-state index in [0.29, 0.717) is 27.7 Å². The number of benzene rings is 3. The number of nitrogens with zero attached hydrogens (tertiary/aromatic N) is 4. The van der Waals surface area contributed by atoms with E-state index in [4.69, 9.17) is 20.8 Å². The van der Waals surface area contributed by atoms with Crippen molar-refractivity contribution in [3.05, 3.63) is 123 Å². The number of carbonyl (C=O) groups excluding carboxylic acids is 1. The zero-order valence-electron chi connectivity index (χ0n) is 21.8. The molecule has 5 aromatic rings. The highest BCUT2D eigenvalue weighted by atomic mass is 35.5. The number of β-lactam (4-membered cyclic amide) rings is 1. The Morgan fingerprint density at radius 3 is 2.60 bits per heavy atom. The van der Waals surface area contributed by atoms with Gasteiger partial charge in [-0.05, 0) is 54.8 Å². The van der Waals surface area contributed by atoms with Crippen molar-refractivity contribution in [2.45, 2.75) is 32.5 Å². The first-order valence-electron chi connectivity index (χ1n) is 12.8. The minimum absolute atomic E-state index is 0.113. The first-order valence-corrected chi connectivity index (χ1v) is 13.2. The summed E-state index contributed by atoms with van der Waals surface area (Å²) in [4.78, 5) is 27.0. The summed E-state index contributed by atoms with van der Waals surface area (Å²) < 4.78 is 12.9. The molecule has 0 spiro atoms. The molecule has 1 saturated heterocycles. The Hall–Kier alpha value is -4.69. The van der Waals surface area contributed by atoms with Gasteiger partial charge in [0.15, 0.2) is 6.04 Å². The van der Waals surface area contributed by atoms with Crippen molar-refractivity contribution in [3.63, 3.8) is 0 Å². The number of carbonyl (C=O) groups is 1. The third-order valence-corrected chi connectivity index (χ3v) is 7.16. The van der Waals surface area contributed by atoms with Crippen molar-refractivity contribution >= 4 is 40.2 Å². The fourth-order valence-electron chi connectivity index (χ4n) is 5.11. The van der Waals surface area contributed by atoms with Gasteiger partial charge >= 0.3 is 5.63 Å². The molecule has 0 saturated carbocycles. The van der Waals surface area contributed by atoms with E-state index in [1.807, 2.05) is 74.5 Å². The van der Waals surface area contributed by atoms with Gasteiger partial charge in [0.05, 0.1) is 12.2 Å². The van der Waals surface area contributed by atoms with Crippen molar-refractivity contribution in [3.8, 4) is 5.75 Å². The lowest BCUT2D eigenvalue weighted by Gasteiger charge is -2.45. The van der Waals surface area contributed by atoms with Crippen LogP contribution in [0.1, 0.15) is 28.4 Å². The van der Waals surface area contributed by atoms with Gasteiger partial charge in [0.2, 0.25) is 0 Å². The van der Waals surface area contributed by atoms with Gasteiger partial charge in [-0.1, -0.05) is 65.4 Å². The Labute approximate surface area is 235 Å². The highest BCUT2D eigenvalue weighted by Gasteiger charge is 2.48. The highest BCUT2D eigenvalue weighted by molar-refractivity contribution is 6.31. The maximum atomic E-state index is 13.4. The molecule has 1 aliphatic rings. The standard InChI is InChI=1S/C31H25ClN4O4/c1-19-13-25(16-27-29(19)20(2)14-28(37)40-27)39-18-23-17-35(34-33-23)30-26(12-11-21-7-4-3-5-8-21)36(31(30)38)24-10-6-9-22(32)15-24/h3-17,26,30H,18H2,1-2H3/b12-11-. The van der Waals surface area contributed by atoms with Gasteiger partial charge in [-0.3, -0.25) is 4.79 Å². The number of rotatable bonds is 7. The maximum Gasteiger partial charge on any atom is 0.336 e. The van der Waals surface area contributed by atoms with Crippen molar-refractivity contribution in [2.75, 3.05) is 4.90 Å². The minimum Gasteiger partial charge on any atom is -0.487 e. The maximum absolute atomic E-state index is 13.4. The molecule has 0 bridgehead atoms. The number of anilines is 1. The monoisotopic (exact) mass is 552 g/mol. The van der Waals surface area contributed by atoms with Gasteiger partial charge in [-0.2, -0.15) is 0 Å². The molecule has 9 heteroatoms. The second-order valence-corrected chi connectivity index (χ2v) is 10.2. The molecular formula is C31H25ClN4O4. The van der Waals surface area contributed by atoms with Crippen LogP contribution >= 0.6 is 11.6 Å². The normalized spacial score (nSPS) is 17.0. The van der Waals surface area contributed by atoms with Gasteiger partial charge < -0.3 is 14.1 Å². The predicted molar refractivity (Wildman–Crippen MR) is 154 cm³/mol. The minimum atomic E-state index is -0.569. The van der Waals surface area contributed by atoms with Gasteiger partial charge in [0.25, 0.3) is 5.91 Å². The Balaban J connectivity index is 1.24. The van der Waals surface area contributed by atoms with Crippen LogP contribution in [-0.4, -0.2) is 26.9 Å². The van der Waals surface area contributed by atoms with E-state index < -0.39 is 11.7 Å². The van der Waals surface area contributed by atoms with Crippen molar-refractivity contribution in [2.24, 2.45) is 0 Å². The average Bonchev–Trinajstić information content (AvgIpc) is 3.37. The number of ether oxygens (including phenoxy) is 1. The lowest BCUT2D eigenvalue weighted by molar-refractivity contribution is -0.128. The molecule has 2 aromatic heterocycles. The third kappa shape index (κ3) is 4.89. The summed E-state index contributed by atoms with van der Waals surface area (Å²) in [6, 6.07) is 21.3. The van der Waals surface area contributed by atoms with Crippen LogP contribution in [-0.2, 0) is 11.4 Å². The smallest absolute Gasteiger partial charge is 0.336 e. The summed E-state index contributed by atoms with van der Waals surface area (Å²) in [7, 11) is 0. The lowest BCUT2D eigenvalue weighted by atomic mass is 9.92. The molecule has 40 heavy (non-hydrogen) atoms. The van der Waals surface area contributed by atoms with E-state index >= 15 is 0 Å². The molecule has 1 fully saturated rings. The molecule has 2 atom stereocenters. The summed E-state index contributed by atoms with van der Waals surface area (Å²) in [5.41, 5.74) is 4.15. The second kappa shape index (κ2) is 10.5. The summed E-state index contributed by atoms with van der Waals surface area (Å²) in [6.45, 7) is 3.95. The summed E-state index contributed by atoms with van der Waals surface area (Å²) in [6.07, 6.45) is 5.71. The molecule has 0 aliphatic carbocycles. The van der Waals surface area contributed by atoms with Gasteiger partial charge in [-0.15, -0.1) is 5.10 Å². The Morgan fingerprint density at radius 2 is 1.80 bits per heavy atom. The van der Waals surface area contributed by atoms with Crippen LogP contribution in [0.5, 0.6) is 5.75 Å². The Bertz CT molecular complexity index is 1810. The summed E-state index contributed by atoms with van der Waals surface area (Å²) in [5, 5.41) is 9.95. The van der Waals surface area contributed by atoms with E-state index in [1.165, 1.54) is 6.07 Å². The number of hydrogen-bond donors (Lipinski definition) is 0. The lowest BCUT2D eigenvalue weighted by Crippen LogP contribution is -2.61. The van der Waals surface area contributed by atoms with Crippen LogP contribution < -0.4 is 15.3 Å². The molecule has 2 unspecified atom stereocenters. The number of fused-ring (bicyclic) bond motifs is 1. The predicted octanol–water partition coefficient (Wildman–Crippen LogP) is 5.90. The molecule has 0 N–H and O–H groups in total. The van der Waals surface area contributed by atoms with E-state index in [9.17, 15) is 9.59 Å². The average molecular weight is 553 g/mol. The fourth-order valence-corrected chi connectivity index (χ4v) is 5.29. The van der Waals surface area contributed by atoms with Crippen molar-refractivity contribution in [1.82, 2.24) is 15.0 Å². The summed E-state index contributed by atoms with van der Waals surface area (Å²) >= 11 is 6.22. The SMILES string of the molecule is Cc1cc(OCc2cn(C3C(=O)N(c4cccc(Cl)c4)C3/C=C\c3ccccc3)nn2)cc2oc(=O)cc(C)c12. The van der Waals surface area contributed by atoms with E-state index in [-0.39, 0.29) is 18.6 Å². The Kier molecular flexibility index (Phi) is 6.69. The third-order valence-electron chi connectivity index (χ3n) is 6.93. The first kappa shape index (κ1) is 25.6. The highest BCUT2D eigenvalue weighted by Crippen LogP contribution is 2.38. The van der Waals surface area contributed by atoms with Gasteiger partial charge in [-0.25, -0.2) is 9.48 Å². The Morgan fingerprint density at radius 1 is 1.00 bits per heavy atom. The van der Waals surface area contributed by atoms with Crippen LogP contribution in [0.2, 0.25) is 5.02 Å². The van der Waals surface area contributed by atoms with Crippen LogP contribution in [0.25, 0.3) is 17.0 Å². The van der Waals surface area contributed by atoms with E-state index in [2.05, 4.69) is 10.3 Å². The van der Waals surface area contributed by atoms with Crippen LogP contribution in [0.3, 0.4) is 0 Å². The molecule has 200 valence electrons. The molecule has 8 nitrogen and oxygen atoms in total. The van der Waals surface area contributed by atoms with Gasteiger partial charge in [0.1, 0.15) is 23.6 Å². The quantitative estimate of drug-likeness (QED) is 0.184. The van der Waals surface area contributed by atoms with Crippen molar-refractivity contribution in [1.29, 1.82) is 0 Å². The van der Waals surface area contributed by atoms with Gasteiger partial charge in [0, 0.05) is 28.2 Å². The van der Waals surface area contributed by atoms with Crippen LogP contribution in [0.15, 0.2) is 94.3 Å². The van der Waals surface area contributed by atoms with Crippen LogP contribution in [0.4, 0.5) is 5.69 Å². The number of halogens is 1. The number of amides is 1.